The Labute approximate surface area is 165 Å². The van der Waals surface area contributed by atoms with E-state index in [0.717, 1.165) is 50.4 Å². The summed E-state index contributed by atoms with van der Waals surface area (Å²) in [5.74, 6) is 0.671. The molecule has 7 heteroatoms. The van der Waals surface area contributed by atoms with Gasteiger partial charge in [-0.2, -0.15) is 0 Å². The van der Waals surface area contributed by atoms with E-state index in [1.807, 2.05) is 30.5 Å². The Kier molecular flexibility index (Phi) is 8.78. The molecule has 0 unspecified atom stereocenters. The highest BCUT2D eigenvalue weighted by atomic mass is 16.1. The molecule has 1 heterocycles. The standard InChI is InChI=1S/C21H29N5O2/c1-22-20(28)18-9-7-8-17(16-18)11-13-25-21(23-2)24-12-4-6-15-26-14-5-3-10-19(26)27/h3,5,7-10,14,16H,4,6,11-13,15H2,1-2H3,(H,22,28)(H2,23,24,25). The number of hydrogen-bond acceptors (Lipinski definition) is 3. The number of carbonyl (C=O) groups excluding carboxylic acids is 1. The minimum absolute atomic E-state index is 0.0356. The summed E-state index contributed by atoms with van der Waals surface area (Å²) < 4.78 is 1.72. The molecule has 0 fully saturated rings. The van der Waals surface area contributed by atoms with E-state index in [4.69, 9.17) is 0 Å². The summed E-state index contributed by atoms with van der Waals surface area (Å²) in [6.45, 7) is 2.22. The lowest BCUT2D eigenvalue weighted by atomic mass is 10.1. The maximum Gasteiger partial charge on any atom is 0.251 e. The number of carbonyl (C=O) groups is 1. The van der Waals surface area contributed by atoms with Crippen molar-refractivity contribution in [3.8, 4) is 0 Å². The number of unbranched alkanes of at least 4 members (excludes halogenated alkanes) is 1. The molecule has 1 aromatic carbocycles. The van der Waals surface area contributed by atoms with Crippen LogP contribution in [0.15, 0.2) is 58.4 Å². The van der Waals surface area contributed by atoms with E-state index < -0.39 is 0 Å². The molecular weight excluding hydrogens is 354 g/mol. The lowest BCUT2D eigenvalue weighted by Crippen LogP contribution is -2.38. The number of aryl methyl sites for hydroxylation is 1. The first-order valence-corrected chi connectivity index (χ1v) is 9.55. The monoisotopic (exact) mass is 383 g/mol. The fraction of sp³-hybridized carbons (Fsp3) is 0.381. The number of amides is 1. The van der Waals surface area contributed by atoms with Gasteiger partial charge in [0.1, 0.15) is 0 Å². The van der Waals surface area contributed by atoms with Crippen molar-refractivity contribution < 1.29 is 4.79 Å². The Morgan fingerprint density at radius 1 is 1.07 bits per heavy atom. The summed E-state index contributed by atoms with van der Waals surface area (Å²) in [6, 6.07) is 12.8. The molecule has 0 radical (unpaired) electrons. The second-order valence-electron chi connectivity index (χ2n) is 6.39. The van der Waals surface area contributed by atoms with Crippen LogP contribution in [-0.4, -0.2) is 43.6 Å². The molecule has 0 aliphatic rings. The maximum absolute atomic E-state index is 11.7. The zero-order valence-electron chi connectivity index (χ0n) is 16.6. The van der Waals surface area contributed by atoms with E-state index in [9.17, 15) is 9.59 Å². The van der Waals surface area contributed by atoms with Gasteiger partial charge in [-0.05, 0) is 43.0 Å². The summed E-state index contributed by atoms with van der Waals surface area (Å²) >= 11 is 0. The SMILES string of the molecule is CN=C(NCCCCn1ccccc1=O)NCCc1cccc(C(=O)NC)c1. The molecule has 150 valence electrons. The van der Waals surface area contributed by atoms with Crippen LogP contribution in [0.3, 0.4) is 0 Å². The first-order valence-electron chi connectivity index (χ1n) is 9.55. The van der Waals surface area contributed by atoms with Gasteiger partial charge in [0, 0.05) is 51.6 Å². The van der Waals surface area contributed by atoms with Crippen LogP contribution in [-0.2, 0) is 13.0 Å². The number of nitrogens with zero attached hydrogens (tertiary/aromatic N) is 2. The number of rotatable bonds is 9. The number of guanidine groups is 1. The van der Waals surface area contributed by atoms with Gasteiger partial charge in [-0.15, -0.1) is 0 Å². The minimum Gasteiger partial charge on any atom is -0.356 e. The number of pyridine rings is 1. The molecule has 3 N–H and O–H groups in total. The average Bonchev–Trinajstić information content (AvgIpc) is 2.73. The van der Waals surface area contributed by atoms with Gasteiger partial charge < -0.3 is 20.5 Å². The second-order valence-corrected chi connectivity index (χ2v) is 6.39. The number of aliphatic imine (C=N–C) groups is 1. The molecule has 0 saturated carbocycles. The molecule has 0 bridgehead atoms. The predicted molar refractivity (Wildman–Crippen MR) is 113 cm³/mol. The number of nitrogens with one attached hydrogen (secondary N) is 3. The molecule has 0 saturated heterocycles. The molecule has 7 nitrogen and oxygen atoms in total. The van der Waals surface area contributed by atoms with Crippen LogP contribution < -0.4 is 21.5 Å². The topological polar surface area (TPSA) is 87.5 Å². The highest BCUT2D eigenvalue weighted by Crippen LogP contribution is 2.05. The maximum atomic E-state index is 11.7. The Morgan fingerprint density at radius 3 is 2.64 bits per heavy atom. The lowest BCUT2D eigenvalue weighted by molar-refractivity contribution is 0.0963. The van der Waals surface area contributed by atoms with E-state index in [2.05, 4.69) is 20.9 Å². The quantitative estimate of drug-likeness (QED) is 0.347. The van der Waals surface area contributed by atoms with E-state index in [1.54, 1.807) is 36.9 Å². The number of hydrogen-bond donors (Lipinski definition) is 3. The van der Waals surface area contributed by atoms with Gasteiger partial charge in [-0.25, -0.2) is 0 Å². The molecule has 28 heavy (non-hydrogen) atoms. The molecule has 0 spiro atoms. The van der Waals surface area contributed by atoms with Gasteiger partial charge in [0.15, 0.2) is 5.96 Å². The van der Waals surface area contributed by atoms with Crippen molar-refractivity contribution >= 4 is 11.9 Å². The van der Waals surface area contributed by atoms with Crippen LogP contribution in [0.4, 0.5) is 0 Å². The van der Waals surface area contributed by atoms with Crippen LogP contribution >= 0.6 is 0 Å². The minimum atomic E-state index is -0.0787. The smallest absolute Gasteiger partial charge is 0.251 e. The zero-order valence-corrected chi connectivity index (χ0v) is 16.6. The Morgan fingerprint density at radius 2 is 1.89 bits per heavy atom. The fourth-order valence-electron chi connectivity index (χ4n) is 2.82. The largest absolute Gasteiger partial charge is 0.356 e. The van der Waals surface area contributed by atoms with Crippen molar-refractivity contribution in [3.05, 3.63) is 70.1 Å². The molecule has 2 rings (SSSR count). The van der Waals surface area contributed by atoms with Gasteiger partial charge in [-0.3, -0.25) is 14.6 Å². The van der Waals surface area contributed by atoms with Crippen LogP contribution in [0.1, 0.15) is 28.8 Å². The van der Waals surface area contributed by atoms with Crippen molar-refractivity contribution in [3.63, 3.8) is 0 Å². The molecule has 1 aromatic heterocycles. The highest BCUT2D eigenvalue weighted by Gasteiger charge is 2.04. The van der Waals surface area contributed by atoms with E-state index in [-0.39, 0.29) is 11.5 Å². The van der Waals surface area contributed by atoms with Crippen LogP contribution in [0.25, 0.3) is 0 Å². The third kappa shape index (κ3) is 6.90. The second kappa shape index (κ2) is 11.6. The summed E-state index contributed by atoms with van der Waals surface area (Å²) in [7, 11) is 3.37. The molecule has 0 aliphatic carbocycles. The first kappa shape index (κ1) is 21.2. The van der Waals surface area contributed by atoms with E-state index >= 15 is 0 Å². The van der Waals surface area contributed by atoms with Crippen molar-refractivity contribution in [1.82, 2.24) is 20.5 Å². The van der Waals surface area contributed by atoms with Crippen LogP contribution in [0.5, 0.6) is 0 Å². The van der Waals surface area contributed by atoms with Crippen molar-refractivity contribution in [2.24, 2.45) is 4.99 Å². The first-order chi connectivity index (χ1) is 13.6. The number of aromatic nitrogens is 1. The highest BCUT2D eigenvalue weighted by molar-refractivity contribution is 5.94. The lowest BCUT2D eigenvalue weighted by Gasteiger charge is -2.12. The normalized spacial score (nSPS) is 11.1. The van der Waals surface area contributed by atoms with Gasteiger partial charge >= 0.3 is 0 Å². The average molecular weight is 383 g/mol. The molecule has 0 atom stereocenters. The molecular formula is C21H29N5O2. The van der Waals surface area contributed by atoms with Crippen molar-refractivity contribution in [1.29, 1.82) is 0 Å². The Balaban J connectivity index is 1.67. The van der Waals surface area contributed by atoms with Crippen LogP contribution in [0, 0.1) is 0 Å². The molecule has 1 amide bonds. The Hall–Kier alpha value is -3.09. The van der Waals surface area contributed by atoms with E-state index in [1.165, 1.54) is 0 Å². The van der Waals surface area contributed by atoms with Crippen LogP contribution in [0.2, 0.25) is 0 Å². The van der Waals surface area contributed by atoms with Gasteiger partial charge in [-0.1, -0.05) is 18.2 Å². The molecule has 0 aliphatic heterocycles. The third-order valence-electron chi connectivity index (χ3n) is 4.36. The summed E-state index contributed by atoms with van der Waals surface area (Å²) in [4.78, 5) is 27.6. The predicted octanol–water partition coefficient (Wildman–Crippen LogP) is 1.40. The summed E-state index contributed by atoms with van der Waals surface area (Å²) in [5, 5.41) is 9.20. The van der Waals surface area contributed by atoms with Gasteiger partial charge in [0.2, 0.25) is 5.56 Å². The summed E-state index contributed by atoms with van der Waals surface area (Å²) in [6.07, 6.45) is 4.47. The van der Waals surface area contributed by atoms with Crippen molar-refractivity contribution in [2.75, 3.05) is 27.2 Å². The number of benzene rings is 1. The fourth-order valence-corrected chi connectivity index (χ4v) is 2.82. The Bertz CT molecular complexity index is 844. The van der Waals surface area contributed by atoms with Crippen molar-refractivity contribution in [2.45, 2.75) is 25.8 Å². The molecule has 2 aromatic rings. The van der Waals surface area contributed by atoms with Gasteiger partial charge in [0.25, 0.3) is 5.91 Å². The third-order valence-corrected chi connectivity index (χ3v) is 4.36. The van der Waals surface area contributed by atoms with Gasteiger partial charge in [0.05, 0.1) is 0 Å². The van der Waals surface area contributed by atoms with E-state index in [0.29, 0.717) is 5.56 Å². The summed E-state index contributed by atoms with van der Waals surface area (Å²) in [5.41, 5.74) is 1.80. The zero-order chi connectivity index (χ0) is 20.2.